The van der Waals surface area contributed by atoms with Crippen LogP contribution in [0.25, 0.3) is 22.2 Å². The minimum Gasteiger partial charge on any atom is -0.369 e. The van der Waals surface area contributed by atoms with E-state index in [1.54, 1.807) is 29.0 Å². The van der Waals surface area contributed by atoms with Gasteiger partial charge in [-0.25, -0.2) is 13.4 Å². The molecule has 0 unspecified atom stereocenters. The molecule has 0 atom stereocenters. The number of piperazine rings is 1. The third kappa shape index (κ3) is 5.14. The molecule has 0 saturated carbocycles. The molecule has 1 fully saturated rings. The number of nitrogens with zero attached hydrogens (tertiary/aromatic N) is 5. The van der Waals surface area contributed by atoms with E-state index in [0.29, 0.717) is 34.8 Å². The maximum Gasteiger partial charge on any atom is 0.260 e. The van der Waals surface area contributed by atoms with Crippen molar-refractivity contribution in [3.05, 3.63) is 70.6 Å². The molecule has 5 rings (SSSR count). The number of hydrogen-bond acceptors (Lipinski definition) is 8. The molecular formula is C28H32N6O3S. The molecule has 38 heavy (non-hydrogen) atoms. The second-order valence-corrected chi connectivity index (χ2v) is 11.8. The van der Waals surface area contributed by atoms with Gasteiger partial charge in [0.25, 0.3) is 5.56 Å². The van der Waals surface area contributed by atoms with Gasteiger partial charge in [0.1, 0.15) is 5.65 Å². The average molecular weight is 533 g/mol. The molecule has 198 valence electrons. The summed E-state index contributed by atoms with van der Waals surface area (Å²) in [7, 11) is -1.19. The van der Waals surface area contributed by atoms with Crippen LogP contribution in [0.1, 0.15) is 12.5 Å². The van der Waals surface area contributed by atoms with Crippen LogP contribution in [0.5, 0.6) is 0 Å². The number of aryl methyl sites for hydroxylation is 2. The number of pyridine rings is 1. The van der Waals surface area contributed by atoms with Gasteiger partial charge >= 0.3 is 0 Å². The van der Waals surface area contributed by atoms with E-state index in [1.165, 1.54) is 18.0 Å². The van der Waals surface area contributed by atoms with Crippen LogP contribution in [0.4, 0.5) is 17.3 Å². The molecule has 0 bridgehead atoms. The van der Waals surface area contributed by atoms with Crippen molar-refractivity contribution in [2.45, 2.75) is 25.3 Å². The third-order valence-electron chi connectivity index (χ3n) is 7.05. The van der Waals surface area contributed by atoms with Gasteiger partial charge in [-0.1, -0.05) is 6.07 Å². The zero-order valence-electron chi connectivity index (χ0n) is 22.1. The van der Waals surface area contributed by atoms with Crippen molar-refractivity contribution < 1.29 is 8.42 Å². The summed E-state index contributed by atoms with van der Waals surface area (Å²) in [5, 5.41) is 3.98. The van der Waals surface area contributed by atoms with Gasteiger partial charge < -0.3 is 15.1 Å². The Balaban J connectivity index is 1.45. The molecule has 3 heterocycles. The van der Waals surface area contributed by atoms with Gasteiger partial charge in [-0.3, -0.25) is 9.36 Å². The first-order valence-corrected chi connectivity index (χ1v) is 14.6. The van der Waals surface area contributed by atoms with Crippen molar-refractivity contribution in [1.82, 2.24) is 19.4 Å². The summed E-state index contributed by atoms with van der Waals surface area (Å²) < 4.78 is 25.5. The monoisotopic (exact) mass is 532 g/mol. The normalized spacial score (nSPS) is 14.7. The largest absolute Gasteiger partial charge is 0.369 e. The van der Waals surface area contributed by atoms with Crippen molar-refractivity contribution in [2.24, 2.45) is 0 Å². The Labute approximate surface area is 222 Å². The highest BCUT2D eigenvalue weighted by atomic mass is 32.2. The summed E-state index contributed by atoms with van der Waals surface area (Å²) in [6, 6.07) is 14.8. The van der Waals surface area contributed by atoms with E-state index >= 15 is 0 Å². The summed E-state index contributed by atoms with van der Waals surface area (Å²) in [5.41, 5.74) is 4.30. The van der Waals surface area contributed by atoms with Gasteiger partial charge in [-0.15, -0.1) is 0 Å². The molecule has 0 amide bonds. The van der Waals surface area contributed by atoms with Crippen LogP contribution in [0, 0.1) is 6.92 Å². The molecule has 1 N–H and O–H groups in total. The van der Waals surface area contributed by atoms with Crippen LogP contribution in [0.15, 0.2) is 64.4 Å². The lowest BCUT2D eigenvalue weighted by Crippen LogP contribution is -2.44. The van der Waals surface area contributed by atoms with Gasteiger partial charge in [0.2, 0.25) is 5.95 Å². The summed E-state index contributed by atoms with van der Waals surface area (Å²) in [4.78, 5) is 27.6. The Hall–Kier alpha value is -3.76. The van der Waals surface area contributed by atoms with Crippen LogP contribution in [-0.4, -0.2) is 67.3 Å². The fourth-order valence-corrected chi connectivity index (χ4v) is 5.53. The molecule has 2 aromatic carbocycles. The molecular weight excluding hydrogens is 500 g/mol. The third-order valence-corrected chi connectivity index (χ3v) is 8.16. The topological polar surface area (TPSA) is 100 Å². The number of likely N-dealkylation sites (N-methyl/N-ethyl adjacent to an activating group) is 1. The SMILES string of the molecule is CCn1c(=O)c(-c2ccc(S(C)(=O)=O)cc2C)cc2cnc(Nc3ccc(N4CCN(C)CC4)cc3)nc21. The molecule has 1 aliphatic heterocycles. The number of benzene rings is 2. The molecule has 4 aromatic rings. The molecule has 0 aliphatic carbocycles. The summed E-state index contributed by atoms with van der Waals surface area (Å²) in [6.07, 6.45) is 2.88. The fourth-order valence-electron chi connectivity index (χ4n) is 4.82. The van der Waals surface area contributed by atoms with E-state index in [4.69, 9.17) is 0 Å². The van der Waals surface area contributed by atoms with Crippen LogP contribution in [0.2, 0.25) is 0 Å². The van der Waals surface area contributed by atoms with Crippen molar-refractivity contribution >= 4 is 38.2 Å². The Bertz CT molecular complexity index is 1660. The lowest BCUT2D eigenvalue weighted by atomic mass is 10.0. The molecule has 10 heteroatoms. The van der Waals surface area contributed by atoms with Crippen LogP contribution in [0.3, 0.4) is 0 Å². The van der Waals surface area contributed by atoms with Gasteiger partial charge in [0.05, 0.1) is 4.90 Å². The number of fused-ring (bicyclic) bond motifs is 1. The zero-order valence-corrected chi connectivity index (χ0v) is 22.9. The van der Waals surface area contributed by atoms with E-state index in [9.17, 15) is 13.2 Å². The zero-order chi connectivity index (χ0) is 27.0. The van der Waals surface area contributed by atoms with Crippen molar-refractivity contribution in [3.63, 3.8) is 0 Å². The number of aromatic nitrogens is 3. The number of sulfone groups is 1. The number of anilines is 3. The van der Waals surface area contributed by atoms with E-state index in [-0.39, 0.29) is 10.5 Å². The van der Waals surface area contributed by atoms with E-state index in [1.807, 2.05) is 26.0 Å². The Morgan fingerprint density at radius 3 is 2.32 bits per heavy atom. The standard InChI is InChI=1S/C28H32N6O3S/c1-5-34-26-20(17-25(27(34)35)24-11-10-23(16-19(24)2)38(4,36)37)18-29-28(31-26)30-21-6-8-22(9-7-21)33-14-12-32(3)13-15-33/h6-11,16-18H,5,12-15H2,1-4H3,(H,29,30,31). The Morgan fingerprint density at radius 1 is 0.974 bits per heavy atom. The Kier molecular flexibility index (Phi) is 6.93. The lowest BCUT2D eigenvalue weighted by Gasteiger charge is -2.34. The van der Waals surface area contributed by atoms with Crippen LogP contribution in [-0.2, 0) is 16.4 Å². The van der Waals surface area contributed by atoms with Gasteiger partial charge in [0, 0.05) is 67.5 Å². The highest BCUT2D eigenvalue weighted by Gasteiger charge is 2.17. The average Bonchev–Trinajstić information content (AvgIpc) is 2.89. The minimum absolute atomic E-state index is 0.184. The number of nitrogens with one attached hydrogen (secondary N) is 1. The highest BCUT2D eigenvalue weighted by Crippen LogP contribution is 2.27. The van der Waals surface area contributed by atoms with Crippen LogP contribution >= 0.6 is 0 Å². The molecule has 1 saturated heterocycles. The minimum atomic E-state index is -3.34. The van der Waals surface area contributed by atoms with Gasteiger partial charge in [0.15, 0.2) is 9.84 Å². The van der Waals surface area contributed by atoms with Crippen LogP contribution < -0.4 is 15.8 Å². The predicted octanol–water partition coefficient (Wildman–Crippen LogP) is 3.69. The summed E-state index contributed by atoms with van der Waals surface area (Å²) in [5.74, 6) is 0.410. The van der Waals surface area contributed by atoms with Crippen molar-refractivity contribution in [1.29, 1.82) is 0 Å². The van der Waals surface area contributed by atoms with E-state index in [2.05, 4.69) is 44.3 Å². The lowest BCUT2D eigenvalue weighted by molar-refractivity contribution is 0.313. The molecule has 2 aromatic heterocycles. The highest BCUT2D eigenvalue weighted by molar-refractivity contribution is 7.90. The van der Waals surface area contributed by atoms with Crippen molar-refractivity contribution in [3.8, 4) is 11.1 Å². The number of hydrogen-bond donors (Lipinski definition) is 1. The predicted molar refractivity (Wildman–Crippen MR) is 152 cm³/mol. The molecule has 1 aliphatic rings. The molecule has 0 spiro atoms. The van der Waals surface area contributed by atoms with Crippen molar-refractivity contribution in [2.75, 3.05) is 49.7 Å². The second-order valence-electron chi connectivity index (χ2n) is 9.79. The smallest absolute Gasteiger partial charge is 0.260 e. The first-order chi connectivity index (χ1) is 18.1. The quantitative estimate of drug-likeness (QED) is 0.401. The van der Waals surface area contributed by atoms with Gasteiger partial charge in [-0.05, 0) is 74.5 Å². The van der Waals surface area contributed by atoms with E-state index < -0.39 is 9.84 Å². The molecule has 0 radical (unpaired) electrons. The number of rotatable bonds is 6. The first kappa shape index (κ1) is 25.9. The Morgan fingerprint density at radius 2 is 1.68 bits per heavy atom. The summed E-state index contributed by atoms with van der Waals surface area (Å²) >= 11 is 0. The second kappa shape index (κ2) is 10.2. The maximum absolute atomic E-state index is 13.5. The first-order valence-electron chi connectivity index (χ1n) is 12.7. The molecule has 9 nitrogen and oxygen atoms in total. The maximum atomic E-state index is 13.5. The summed E-state index contributed by atoms with van der Waals surface area (Å²) in [6.45, 7) is 8.26. The van der Waals surface area contributed by atoms with Gasteiger partial charge in [-0.2, -0.15) is 4.98 Å². The fraction of sp³-hybridized carbons (Fsp3) is 0.321. The van der Waals surface area contributed by atoms with E-state index in [0.717, 1.165) is 37.3 Å².